The lowest BCUT2D eigenvalue weighted by atomic mass is 10.1. The molecule has 0 amide bonds. The van der Waals surface area contributed by atoms with E-state index in [1.165, 1.54) is 122 Å². The largest absolute Gasteiger partial charge is 0.756 e. The van der Waals surface area contributed by atoms with Gasteiger partial charge in [0.2, 0.25) is 0 Å². The van der Waals surface area contributed by atoms with Gasteiger partial charge >= 0.3 is 11.9 Å². The third-order valence-electron chi connectivity index (χ3n) is 9.24. The molecule has 0 aromatic carbocycles. The molecule has 0 aliphatic rings. The summed E-state index contributed by atoms with van der Waals surface area (Å²) in [5, 5.41) is 0. The summed E-state index contributed by atoms with van der Waals surface area (Å²) in [5.41, 5.74) is 0. The molecule has 0 fully saturated rings. The number of allylic oxidation sites excluding steroid dienone is 5. The summed E-state index contributed by atoms with van der Waals surface area (Å²) in [7, 11) is 1.11. The van der Waals surface area contributed by atoms with Crippen molar-refractivity contribution in [3.63, 3.8) is 0 Å². The first-order chi connectivity index (χ1) is 26.0. The maximum absolute atomic E-state index is 12.5. The Hall–Kier alpha value is -1.77. The molecule has 0 aliphatic carbocycles. The molecule has 0 saturated heterocycles. The third kappa shape index (κ3) is 39.9. The van der Waals surface area contributed by atoms with Crippen LogP contribution in [0.3, 0.4) is 0 Å². The molecule has 54 heavy (non-hydrogen) atoms. The Balaban J connectivity index is 4.49. The summed E-state index contributed by atoms with van der Waals surface area (Å²) in [5.74, 6) is -1.10. The van der Waals surface area contributed by atoms with Gasteiger partial charge in [-0.25, -0.2) is 4.79 Å². The number of carbonyl (C=O) groups is 2. The molecule has 9 nitrogen and oxygen atoms in total. The summed E-state index contributed by atoms with van der Waals surface area (Å²) in [4.78, 5) is 37.3. The van der Waals surface area contributed by atoms with E-state index < -0.39 is 32.5 Å². The number of unbranched alkanes of at least 4 members (excludes halogenated alkanes) is 22. The summed E-state index contributed by atoms with van der Waals surface area (Å²) in [6, 6.07) is 0. The average Bonchev–Trinajstić information content (AvgIpc) is 3.12. The van der Waals surface area contributed by atoms with E-state index in [9.17, 15) is 19.0 Å². The number of carbonyl (C=O) groups excluding carboxylic acids is 2. The second-order valence-electron chi connectivity index (χ2n) is 15.8. The Morgan fingerprint density at radius 3 is 1.57 bits per heavy atom. The molecule has 0 heterocycles. The van der Waals surface area contributed by atoms with Gasteiger partial charge in [0.05, 0.1) is 27.7 Å². The monoisotopic (exact) mass is 784 g/mol. The molecule has 0 aliphatic heterocycles. The minimum atomic E-state index is -4.65. The smallest absolute Gasteiger partial charge is 0.331 e. The van der Waals surface area contributed by atoms with Gasteiger partial charge in [-0.05, 0) is 44.9 Å². The van der Waals surface area contributed by atoms with Crippen LogP contribution in [0.5, 0.6) is 0 Å². The van der Waals surface area contributed by atoms with Crippen LogP contribution in [0.25, 0.3) is 0 Å². The van der Waals surface area contributed by atoms with Crippen LogP contribution in [0.4, 0.5) is 0 Å². The molecule has 0 saturated carbocycles. The van der Waals surface area contributed by atoms with Crippen LogP contribution in [-0.2, 0) is 32.7 Å². The van der Waals surface area contributed by atoms with Gasteiger partial charge in [-0.1, -0.05) is 160 Å². The number of hydrogen-bond donors (Lipinski definition) is 0. The minimum Gasteiger partial charge on any atom is -0.756 e. The first-order valence-corrected chi connectivity index (χ1v) is 23.2. The second kappa shape index (κ2) is 36.8. The fourth-order valence-corrected chi connectivity index (χ4v) is 6.52. The number of quaternary nitrogens is 1. The lowest BCUT2D eigenvalue weighted by molar-refractivity contribution is -0.870. The average molecular weight is 784 g/mol. The zero-order chi connectivity index (χ0) is 40.0. The first-order valence-electron chi connectivity index (χ1n) is 21.7. The molecule has 0 rings (SSSR count). The van der Waals surface area contributed by atoms with Gasteiger partial charge in [-0.3, -0.25) is 9.36 Å². The lowest BCUT2D eigenvalue weighted by Gasteiger charge is -2.28. The standard InChI is InChI=1S/C44H82NO8P/c1-6-8-10-12-14-16-18-20-22-24-26-28-30-32-34-36-43(46)50-40-42(41-52-54(48,49)51-39-38-45(3,4)5)53-44(47)37-35-33-31-29-27-25-23-21-19-17-15-13-11-9-7-2/h24,26,31,33,35,37,42H,6-23,25,27-30,32,34,36,38-41H2,1-5H3/b26-24+,33-31+,37-35+/t42-/m1/s1. The fraction of sp³-hybridized carbons (Fsp3) is 0.818. The molecule has 316 valence electrons. The van der Waals surface area contributed by atoms with Crippen molar-refractivity contribution in [2.45, 2.75) is 187 Å². The van der Waals surface area contributed by atoms with Gasteiger partial charge in [-0.2, -0.15) is 0 Å². The second-order valence-corrected chi connectivity index (χ2v) is 17.2. The van der Waals surface area contributed by atoms with E-state index in [4.69, 9.17) is 18.5 Å². The first kappa shape index (κ1) is 52.2. The van der Waals surface area contributed by atoms with E-state index in [1.807, 2.05) is 33.3 Å². The van der Waals surface area contributed by atoms with Gasteiger partial charge in [0, 0.05) is 12.5 Å². The maximum Gasteiger partial charge on any atom is 0.331 e. The highest BCUT2D eigenvalue weighted by Gasteiger charge is 2.21. The molecular weight excluding hydrogens is 701 g/mol. The zero-order valence-corrected chi connectivity index (χ0v) is 36.3. The molecule has 0 spiro atoms. The lowest BCUT2D eigenvalue weighted by Crippen LogP contribution is -2.37. The predicted octanol–water partition coefficient (Wildman–Crippen LogP) is 11.5. The number of rotatable bonds is 39. The topological polar surface area (TPSA) is 111 Å². The number of esters is 2. The van der Waals surface area contributed by atoms with Gasteiger partial charge in [0.25, 0.3) is 7.82 Å². The molecule has 10 heteroatoms. The zero-order valence-electron chi connectivity index (χ0n) is 35.4. The number of phosphoric ester groups is 1. The Labute approximate surface area is 331 Å². The van der Waals surface area contributed by atoms with Crippen molar-refractivity contribution in [3.8, 4) is 0 Å². The predicted molar refractivity (Wildman–Crippen MR) is 222 cm³/mol. The fourth-order valence-electron chi connectivity index (χ4n) is 5.79. The van der Waals surface area contributed by atoms with Crippen LogP contribution in [-0.4, -0.2) is 70.0 Å². The summed E-state index contributed by atoms with van der Waals surface area (Å²) in [6.45, 7) is 4.08. The van der Waals surface area contributed by atoms with Gasteiger partial charge < -0.3 is 27.9 Å². The van der Waals surface area contributed by atoms with Crippen LogP contribution >= 0.6 is 7.82 Å². The number of likely N-dealkylation sites (N-methyl/N-ethyl adjacent to an activating group) is 1. The van der Waals surface area contributed by atoms with Crippen molar-refractivity contribution in [1.82, 2.24) is 0 Å². The van der Waals surface area contributed by atoms with Crippen LogP contribution in [0, 0.1) is 0 Å². The van der Waals surface area contributed by atoms with Crippen LogP contribution in [0.15, 0.2) is 36.5 Å². The Kier molecular flexibility index (Phi) is 35.6. The third-order valence-corrected chi connectivity index (χ3v) is 10.2. The molecule has 0 aromatic heterocycles. The maximum atomic E-state index is 12.5. The highest BCUT2D eigenvalue weighted by atomic mass is 31.2. The summed E-state index contributed by atoms with van der Waals surface area (Å²) >= 11 is 0. The van der Waals surface area contributed by atoms with Gasteiger partial charge in [0.15, 0.2) is 6.10 Å². The van der Waals surface area contributed by atoms with Crippen molar-refractivity contribution in [3.05, 3.63) is 36.5 Å². The molecule has 2 atom stereocenters. The quantitative estimate of drug-likeness (QED) is 0.0115. The van der Waals surface area contributed by atoms with E-state index >= 15 is 0 Å². The van der Waals surface area contributed by atoms with E-state index in [-0.39, 0.29) is 19.6 Å². The van der Waals surface area contributed by atoms with E-state index in [0.29, 0.717) is 17.4 Å². The van der Waals surface area contributed by atoms with E-state index in [2.05, 4.69) is 26.0 Å². The Bertz CT molecular complexity index is 1020. The van der Waals surface area contributed by atoms with E-state index in [1.54, 1.807) is 6.08 Å². The highest BCUT2D eigenvalue weighted by Crippen LogP contribution is 2.38. The number of phosphoric acid groups is 1. The van der Waals surface area contributed by atoms with Crippen LogP contribution in [0.1, 0.15) is 181 Å². The minimum absolute atomic E-state index is 0.0486. The van der Waals surface area contributed by atoms with Crippen molar-refractivity contribution in [1.29, 1.82) is 0 Å². The molecule has 1 unspecified atom stereocenters. The van der Waals surface area contributed by atoms with Crippen LogP contribution < -0.4 is 4.89 Å². The summed E-state index contributed by atoms with van der Waals surface area (Å²) in [6.07, 6.45) is 40.9. The van der Waals surface area contributed by atoms with Gasteiger partial charge in [0.1, 0.15) is 19.8 Å². The van der Waals surface area contributed by atoms with Crippen molar-refractivity contribution in [2.24, 2.45) is 0 Å². The van der Waals surface area contributed by atoms with Crippen molar-refractivity contribution in [2.75, 3.05) is 47.5 Å². The molecule has 0 bridgehead atoms. The normalized spacial score (nSPS) is 14.0. The molecule has 0 aromatic rings. The number of hydrogen-bond acceptors (Lipinski definition) is 8. The van der Waals surface area contributed by atoms with Crippen molar-refractivity contribution >= 4 is 19.8 Å². The summed E-state index contributed by atoms with van der Waals surface area (Å²) < 4.78 is 33.6. The molecule has 0 radical (unpaired) electrons. The number of ether oxygens (including phenoxy) is 2. The highest BCUT2D eigenvalue weighted by molar-refractivity contribution is 7.45. The van der Waals surface area contributed by atoms with Crippen molar-refractivity contribution < 1.29 is 42.1 Å². The molecule has 0 N–H and O–H groups in total. The van der Waals surface area contributed by atoms with Crippen LogP contribution in [0.2, 0.25) is 0 Å². The SMILES string of the molecule is CCCCCCCCCC/C=C/CCCCCC(=O)OC[C@H](COP(=O)([O-])OCC[N+](C)(C)C)OC(=O)/C=C/C=C/CCCCCCCCCCCCC. The molecular formula is C44H82NO8P. The van der Waals surface area contributed by atoms with Gasteiger partial charge in [-0.15, -0.1) is 0 Å². The Morgan fingerprint density at radius 2 is 1.07 bits per heavy atom. The Morgan fingerprint density at radius 1 is 0.611 bits per heavy atom. The van der Waals surface area contributed by atoms with E-state index in [0.717, 1.165) is 38.5 Å². The number of nitrogens with zero attached hydrogens (tertiary/aromatic N) is 1.